The fraction of sp³-hybridized carbons (Fsp3) is 0.200. The first kappa shape index (κ1) is 11.7. The summed E-state index contributed by atoms with van der Waals surface area (Å²) >= 11 is 0. The third kappa shape index (κ3) is 2.57. The quantitative estimate of drug-likeness (QED) is 0.823. The van der Waals surface area contributed by atoms with Crippen LogP contribution in [0.4, 0.5) is 5.69 Å². The van der Waals surface area contributed by atoms with Crippen LogP contribution in [0, 0.1) is 0 Å². The monoisotopic (exact) mass is 253 g/mol. The van der Waals surface area contributed by atoms with Crippen molar-refractivity contribution in [2.24, 2.45) is 5.10 Å². The zero-order chi connectivity index (χ0) is 13.1. The molecule has 1 aromatic carbocycles. The van der Waals surface area contributed by atoms with E-state index in [0.29, 0.717) is 18.5 Å². The van der Waals surface area contributed by atoms with Crippen molar-refractivity contribution in [1.82, 2.24) is 4.98 Å². The number of hydrogen-bond acceptors (Lipinski definition) is 3. The molecular weight excluding hydrogens is 238 g/mol. The van der Waals surface area contributed by atoms with Gasteiger partial charge in [-0.15, -0.1) is 0 Å². The van der Waals surface area contributed by atoms with Gasteiger partial charge in [-0.25, -0.2) is 0 Å². The number of nitrogens with one attached hydrogen (secondary N) is 2. The Balaban J connectivity index is 1.61. The van der Waals surface area contributed by atoms with Gasteiger partial charge in [-0.1, -0.05) is 18.2 Å². The summed E-state index contributed by atoms with van der Waals surface area (Å²) in [5.41, 5.74) is 7.03. The van der Waals surface area contributed by atoms with Crippen molar-refractivity contribution in [2.75, 3.05) is 5.43 Å². The summed E-state index contributed by atoms with van der Waals surface area (Å²) in [4.78, 5) is 14.8. The number of carbonyl (C=O) groups is 1. The molecule has 19 heavy (non-hydrogen) atoms. The molecule has 4 nitrogen and oxygen atoms in total. The van der Waals surface area contributed by atoms with Crippen LogP contribution in [0.15, 0.2) is 47.7 Å². The Kier molecular flexibility index (Phi) is 3.14. The zero-order valence-electron chi connectivity index (χ0n) is 10.5. The van der Waals surface area contributed by atoms with Gasteiger partial charge in [0.05, 0.1) is 11.4 Å². The molecule has 0 radical (unpaired) electrons. The molecule has 2 aromatic rings. The third-order valence-corrected chi connectivity index (χ3v) is 3.29. The number of Topliss-reactive ketones (excluding diaryl/α,β-unsaturated/α-hetero) is 1. The van der Waals surface area contributed by atoms with E-state index in [1.807, 2.05) is 24.3 Å². The second kappa shape index (κ2) is 5.10. The van der Waals surface area contributed by atoms with Gasteiger partial charge in [0.25, 0.3) is 0 Å². The molecule has 0 saturated heterocycles. The van der Waals surface area contributed by atoms with E-state index in [0.717, 1.165) is 17.8 Å². The lowest BCUT2D eigenvalue weighted by Crippen LogP contribution is -2.15. The molecule has 96 valence electrons. The molecule has 4 heteroatoms. The number of aromatic nitrogens is 1. The number of nitrogens with zero attached hydrogens (tertiary/aromatic N) is 1. The Morgan fingerprint density at radius 3 is 2.95 bits per heavy atom. The average Bonchev–Trinajstić information content (AvgIpc) is 2.99. The van der Waals surface area contributed by atoms with Crippen molar-refractivity contribution in [3.05, 3.63) is 53.9 Å². The summed E-state index contributed by atoms with van der Waals surface area (Å²) in [5.74, 6) is 0.131. The number of carbonyl (C=O) groups excluding carboxylic acids is 1. The lowest BCUT2D eigenvalue weighted by Gasteiger charge is -2.16. The van der Waals surface area contributed by atoms with E-state index in [-0.39, 0.29) is 5.78 Å². The van der Waals surface area contributed by atoms with Gasteiger partial charge in [-0.05, 0) is 30.2 Å². The Hall–Kier alpha value is -2.36. The third-order valence-electron chi connectivity index (χ3n) is 3.29. The summed E-state index contributed by atoms with van der Waals surface area (Å²) in [6.45, 7) is 0. The predicted octanol–water partition coefficient (Wildman–Crippen LogP) is 3.00. The fourth-order valence-electron chi connectivity index (χ4n) is 2.22. The van der Waals surface area contributed by atoms with Gasteiger partial charge in [-0.2, -0.15) is 5.10 Å². The number of hydrazone groups is 1. The Bertz CT molecular complexity index is 614. The molecule has 2 heterocycles. The van der Waals surface area contributed by atoms with Crippen LogP contribution < -0.4 is 5.43 Å². The number of fused-ring (bicyclic) bond motifs is 1. The van der Waals surface area contributed by atoms with E-state index in [2.05, 4.69) is 21.6 Å². The maximum atomic E-state index is 11.9. The minimum Gasteiger partial charge on any atom is -0.359 e. The van der Waals surface area contributed by atoms with Gasteiger partial charge in [0.1, 0.15) is 0 Å². The van der Waals surface area contributed by atoms with Crippen LogP contribution in [0.25, 0.3) is 0 Å². The number of benzene rings is 1. The largest absolute Gasteiger partial charge is 0.359 e. The molecule has 0 saturated carbocycles. The van der Waals surface area contributed by atoms with Crippen LogP contribution in [-0.4, -0.2) is 16.5 Å². The maximum Gasteiger partial charge on any atom is 0.179 e. The van der Waals surface area contributed by atoms with Crippen molar-refractivity contribution < 1.29 is 4.79 Å². The highest BCUT2D eigenvalue weighted by molar-refractivity contribution is 5.98. The normalized spacial score (nSPS) is 13.4. The average molecular weight is 253 g/mol. The number of rotatable bonds is 4. The molecule has 0 spiro atoms. The Morgan fingerprint density at radius 1 is 1.21 bits per heavy atom. The van der Waals surface area contributed by atoms with Crippen LogP contribution in [-0.2, 0) is 6.42 Å². The molecule has 0 atom stereocenters. The molecule has 3 rings (SSSR count). The molecule has 1 aromatic heterocycles. The first-order chi connectivity index (χ1) is 9.33. The van der Waals surface area contributed by atoms with Crippen LogP contribution in [0.5, 0.6) is 0 Å². The number of hydrogen-bond donors (Lipinski definition) is 2. The lowest BCUT2D eigenvalue weighted by molar-refractivity contribution is 0.0980. The second-order valence-electron chi connectivity index (χ2n) is 4.63. The SMILES string of the molecule is O=C(CCC1=NNc2ccccc2C1)c1ccc[nH]1. The molecule has 0 unspecified atom stereocenters. The van der Waals surface area contributed by atoms with E-state index in [1.54, 1.807) is 12.3 Å². The Morgan fingerprint density at radius 2 is 2.11 bits per heavy atom. The molecule has 0 aliphatic carbocycles. The van der Waals surface area contributed by atoms with Gasteiger partial charge < -0.3 is 4.98 Å². The fourth-order valence-corrected chi connectivity index (χ4v) is 2.22. The number of ketones is 1. The Labute approximate surface area is 111 Å². The zero-order valence-corrected chi connectivity index (χ0v) is 10.5. The highest BCUT2D eigenvalue weighted by Gasteiger charge is 2.14. The van der Waals surface area contributed by atoms with E-state index in [9.17, 15) is 4.79 Å². The topological polar surface area (TPSA) is 57.2 Å². The number of H-pyrrole nitrogens is 1. The smallest absolute Gasteiger partial charge is 0.179 e. The number of aromatic amines is 1. The minimum atomic E-state index is 0.131. The summed E-state index contributed by atoms with van der Waals surface area (Å²) in [6.07, 6.45) is 3.77. The second-order valence-corrected chi connectivity index (χ2v) is 4.63. The standard InChI is InChI=1S/C15H15N3O/c19-15(14-6-3-9-16-14)8-7-12-10-11-4-1-2-5-13(11)18-17-12/h1-6,9,16,18H,7-8,10H2. The molecular formula is C15H15N3O. The van der Waals surface area contributed by atoms with Gasteiger partial charge in [0, 0.05) is 24.8 Å². The highest BCUT2D eigenvalue weighted by atomic mass is 16.1. The predicted molar refractivity (Wildman–Crippen MR) is 75.6 cm³/mol. The number of para-hydroxylation sites is 1. The lowest BCUT2D eigenvalue weighted by atomic mass is 10.0. The van der Waals surface area contributed by atoms with Crippen LogP contribution in [0.1, 0.15) is 28.9 Å². The minimum absolute atomic E-state index is 0.131. The maximum absolute atomic E-state index is 11.9. The van der Waals surface area contributed by atoms with Crippen molar-refractivity contribution >= 4 is 17.2 Å². The molecule has 1 aliphatic heterocycles. The summed E-state index contributed by atoms with van der Waals surface area (Å²) in [5, 5.41) is 4.33. The van der Waals surface area contributed by atoms with E-state index >= 15 is 0 Å². The molecule has 0 amide bonds. The van der Waals surface area contributed by atoms with Gasteiger partial charge in [0.15, 0.2) is 5.78 Å². The summed E-state index contributed by atoms with van der Waals surface area (Å²) in [6, 6.07) is 11.7. The van der Waals surface area contributed by atoms with Crippen molar-refractivity contribution in [2.45, 2.75) is 19.3 Å². The summed E-state index contributed by atoms with van der Waals surface area (Å²) < 4.78 is 0. The highest BCUT2D eigenvalue weighted by Crippen LogP contribution is 2.21. The van der Waals surface area contributed by atoms with E-state index in [4.69, 9.17) is 0 Å². The first-order valence-corrected chi connectivity index (χ1v) is 6.39. The van der Waals surface area contributed by atoms with Crippen LogP contribution >= 0.6 is 0 Å². The van der Waals surface area contributed by atoms with Crippen molar-refractivity contribution in [3.63, 3.8) is 0 Å². The molecule has 0 fully saturated rings. The first-order valence-electron chi connectivity index (χ1n) is 6.39. The van der Waals surface area contributed by atoms with Crippen LogP contribution in [0.3, 0.4) is 0 Å². The summed E-state index contributed by atoms with van der Waals surface area (Å²) in [7, 11) is 0. The number of anilines is 1. The van der Waals surface area contributed by atoms with Gasteiger partial charge in [-0.3, -0.25) is 10.2 Å². The van der Waals surface area contributed by atoms with Crippen molar-refractivity contribution in [3.8, 4) is 0 Å². The van der Waals surface area contributed by atoms with E-state index < -0.39 is 0 Å². The van der Waals surface area contributed by atoms with E-state index in [1.165, 1.54) is 5.56 Å². The van der Waals surface area contributed by atoms with Crippen molar-refractivity contribution in [1.29, 1.82) is 0 Å². The molecule has 2 N–H and O–H groups in total. The molecule has 1 aliphatic rings. The van der Waals surface area contributed by atoms with Gasteiger partial charge >= 0.3 is 0 Å². The van der Waals surface area contributed by atoms with Crippen LogP contribution in [0.2, 0.25) is 0 Å². The molecule has 0 bridgehead atoms. The van der Waals surface area contributed by atoms with Gasteiger partial charge in [0.2, 0.25) is 0 Å².